The van der Waals surface area contributed by atoms with Crippen LogP contribution in [0.1, 0.15) is 36.5 Å². The Labute approximate surface area is 119 Å². The molecule has 20 heavy (non-hydrogen) atoms. The van der Waals surface area contributed by atoms with Crippen LogP contribution in [-0.2, 0) is 0 Å². The molecule has 1 atom stereocenters. The van der Waals surface area contributed by atoms with E-state index >= 15 is 0 Å². The van der Waals surface area contributed by atoms with Gasteiger partial charge in [-0.15, -0.1) is 0 Å². The largest absolute Gasteiger partial charge is 0.369 e. The van der Waals surface area contributed by atoms with Crippen LogP contribution in [0.5, 0.6) is 0 Å². The molecule has 0 saturated carbocycles. The van der Waals surface area contributed by atoms with Crippen LogP contribution in [0.3, 0.4) is 0 Å². The normalized spacial score (nSPS) is 19.2. The quantitative estimate of drug-likeness (QED) is 0.857. The standard InChI is InChI=1S/C18H19NO/c1-12(2)14-9-7-13(8-10-14)11-16-15-5-3-4-6-17(15)19-18(16)20/h3-12,18-20H,1-2H3/b16-11-. The molecule has 1 heterocycles. The highest BCUT2D eigenvalue weighted by molar-refractivity contribution is 5.93. The van der Waals surface area contributed by atoms with E-state index in [9.17, 15) is 5.11 Å². The van der Waals surface area contributed by atoms with Gasteiger partial charge in [-0.05, 0) is 29.2 Å². The van der Waals surface area contributed by atoms with Crippen molar-refractivity contribution >= 4 is 17.3 Å². The monoisotopic (exact) mass is 265 g/mol. The zero-order valence-corrected chi connectivity index (χ0v) is 11.8. The lowest BCUT2D eigenvalue weighted by atomic mass is 9.99. The molecule has 3 rings (SSSR count). The van der Waals surface area contributed by atoms with Crippen LogP contribution in [0.15, 0.2) is 48.5 Å². The Kier molecular flexibility index (Phi) is 3.33. The van der Waals surface area contributed by atoms with Crippen molar-refractivity contribution < 1.29 is 5.11 Å². The third-order valence-electron chi connectivity index (χ3n) is 3.75. The highest BCUT2D eigenvalue weighted by Crippen LogP contribution is 2.35. The molecule has 2 aromatic carbocycles. The topological polar surface area (TPSA) is 32.3 Å². The van der Waals surface area contributed by atoms with Crippen LogP contribution in [0, 0.1) is 0 Å². The maximum Gasteiger partial charge on any atom is 0.151 e. The van der Waals surface area contributed by atoms with Crippen molar-refractivity contribution in [3.8, 4) is 0 Å². The molecule has 1 aliphatic rings. The summed E-state index contributed by atoms with van der Waals surface area (Å²) in [6, 6.07) is 16.5. The van der Waals surface area contributed by atoms with Gasteiger partial charge in [0.15, 0.2) is 6.23 Å². The fourth-order valence-electron chi connectivity index (χ4n) is 2.55. The Balaban J connectivity index is 1.96. The van der Waals surface area contributed by atoms with Crippen molar-refractivity contribution in [1.29, 1.82) is 0 Å². The van der Waals surface area contributed by atoms with Gasteiger partial charge >= 0.3 is 0 Å². The Morgan fingerprint density at radius 2 is 1.75 bits per heavy atom. The van der Waals surface area contributed by atoms with E-state index in [0.29, 0.717) is 5.92 Å². The summed E-state index contributed by atoms with van der Waals surface area (Å²) in [7, 11) is 0. The molecule has 0 bridgehead atoms. The predicted molar refractivity (Wildman–Crippen MR) is 84.5 cm³/mol. The minimum Gasteiger partial charge on any atom is -0.369 e. The minimum atomic E-state index is -0.628. The number of hydrogen-bond donors (Lipinski definition) is 2. The molecule has 2 N–H and O–H groups in total. The van der Waals surface area contributed by atoms with Gasteiger partial charge in [0.25, 0.3) is 0 Å². The number of anilines is 1. The van der Waals surface area contributed by atoms with E-state index in [1.54, 1.807) is 0 Å². The van der Waals surface area contributed by atoms with Crippen LogP contribution >= 0.6 is 0 Å². The lowest BCUT2D eigenvalue weighted by Gasteiger charge is -2.07. The second-order valence-corrected chi connectivity index (χ2v) is 5.51. The first-order valence-electron chi connectivity index (χ1n) is 7.00. The fourth-order valence-corrected chi connectivity index (χ4v) is 2.55. The van der Waals surface area contributed by atoms with Crippen LogP contribution in [-0.4, -0.2) is 11.3 Å². The van der Waals surface area contributed by atoms with Gasteiger partial charge in [-0.2, -0.15) is 0 Å². The van der Waals surface area contributed by atoms with E-state index in [2.05, 4.69) is 43.4 Å². The first kappa shape index (κ1) is 12.9. The maximum absolute atomic E-state index is 10.1. The highest BCUT2D eigenvalue weighted by atomic mass is 16.3. The number of hydrogen-bond acceptors (Lipinski definition) is 2. The van der Waals surface area contributed by atoms with Crippen LogP contribution in [0.2, 0.25) is 0 Å². The van der Waals surface area contributed by atoms with Gasteiger partial charge in [0.2, 0.25) is 0 Å². The molecule has 2 aromatic rings. The van der Waals surface area contributed by atoms with Gasteiger partial charge in [-0.3, -0.25) is 0 Å². The third kappa shape index (κ3) is 2.35. The molecule has 0 aliphatic carbocycles. The lowest BCUT2D eigenvalue weighted by molar-refractivity contribution is 0.266. The molecule has 0 amide bonds. The maximum atomic E-state index is 10.1. The molecule has 0 fully saturated rings. The molecular weight excluding hydrogens is 246 g/mol. The van der Waals surface area contributed by atoms with E-state index in [-0.39, 0.29) is 0 Å². The molecule has 1 aliphatic heterocycles. The Hall–Kier alpha value is -2.06. The highest BCUT2D eigenvalue weighted by Gasteiger charge is 2.23. The minimum absolute atomic E-state index is 0.538. The zero-order valence-electron chi connectivity index (χ0n) is 11.8. The second-order valence-electron chi connectivity index (χ2n) is 5.51. The second kappa shape index (κ2) is 5.14. The molecule has 0 saturated heterocycles. The fraction of sp³-hybridized carbons (Fsp3) is 0.222. The molecule has 102 valence electrons. The molecule has 0 spiro atoms. The van der Waals surface area contributed by atoms with Gasteiger partial charge in [0.05, 0.1) is 0 Å². The van der Waals surface area contributed by atoms with Crippen molar-refractivity contribution in [2.75, 3.05) is 5.32 Å². The molecule has 2 nitrogen and oxygen atoms in total. The smallest absolute Gasteiger partial charge is 0.151 e. The average Bonchev–Trinajstić information content (AvgIpc) is 2.76. The summed E-state index contributed by atoms with van der Waals surface area (Å²) in [6.07, 6.45) is 1.42. The van der Waals surface area contributed by atoms with E-state index in [1.165, 1.54) is 5.56 Å². The number of rotatable bonds is 2. The first-order chi connectivity index (χ1) is 9.65. The van der Waals surface area contributed by atoms with E-state index in [4.69, 9.17) is 0 Å². The number of nitrogens with one attached hydrogen (secondary N) is 1. The van der Waals surface area contributed by atoms with Gasteiger partial charge in [-0.1, -0.05) is 56.3 Å². The summed E-state index contributed by atoms with van der Waals surface area (Å²) in [5, 5.41) is 13.2. The molecular formula is C18H19NO. The van der Waals surface area contributed by atoms with Crippen molar-refractivity contribution in [3.63, 3.8) is 0 Å². The van der Waals surface area contributed by atoms with Crippen LogP contribution in [0.4, 0.5) is 5.69 Å². The summed E-state index contributed by atoms with van der Waals surface area (Å²) >= 11 is 0. The predicted octanol–water partition coefficient (Wildman–Crippen LogP) is 4.09. The molecule has 1 unspecified atom stereocenters. The Bertz CT molecular complexity index is 641. The van der Waals surface area contributed by atoms with Crippen LogP contribution < -0.4 is 5.32 Å². The van der Waals surface area contributed by atoms with E-state index in [0.717, 1.165) is 22.4 Å². The SMILES string of the molecule is CC(C)c1ccc(/C=C2/c3ccccc3NC2O)cc1. The van der Waals surface area contributed by atoms with Gasteiger partial charge in [0.1, 0.15) is 0 Å². The number of benzene rings is 2. The van der Waals surface area contributed by atoms with Crippen molar-refractivity contribution in [3.05, 3.63) is 65.2 Å². The Morgan fingerprint density at radius 3 is 2.45 bits per heavy atom. The summed E-state index contributed by atoms with van der Waals surface area (Å²) < 4.78 is 0. The van der Waals surface area contributed by atoms with E-state index < -0.39 is 6.23 Å². The van der Waals surface area contributed by atoms with Crippen LogP contribution in [0.25, 0.3) is 11.6 Å². The first-order valence-corrected chi connectivity index (χ1v) is 7.00. The summed E-state index contributed by atoms with van der Waals surface area (Å²) in [6.45, 7) is 4.38. The summed E-state index contributed by atoms with van der Waals surface area (Å²) in [5.74, 6) is 0.538. The molecule has 2 heteroatoms. The molecule has 0 aromatic heterocycles. The number of fused-ring (bicyclic) bond motifs is 1. The third-order valence-corrected chi connectivity index (χ3v) is 3.75. The lowest BCUT2D eigenvalue weighted by Crippen LogP contribution is -2.12. The number of para-hydroxylation sites is 1. The average molecular weight is 265 g/mol. The number of aliphatic hydroxyl groups excluding tert-OH is 1. The van der Waals surface area contributed by atoms with E-state index in [1.807, 2.05) is 30.3 Å². The van der Waals surface area contributed by atoms with Crippen molar-refractivity contribution in [1.82, 2.24) is 0 Å². The number of aliphatic hydroxyl groups is 1. The summed E-state index contributed by atoms with van der Waals surface area (Å²) in [5.41, 5.74) is 5.44. The molecule has 0 radical (unpaired) electrons. The summed E-state index contributed by atoms with van der Waals surface area (Å²) in [4.78, 5) is 0. The van der Waals surface area contributed by atoms with Crippen molar-refractivity contribution in [2.45, 2.75) is 26.0 Å². The van der Waals surface area contributed by atoms with Gasteiger partial charge in [-0.25, -0.2) is 0 Å². The Morgan fingerprint density at radius 1 is 1.05 bits per heavy atom. The van der Waals surface area contributed by atoms with Gasteiger partial charge in [0, 0.05) is 16.8 Å². The zero-order chi connectivity index (χ0) is 14.1. The van der Waals surface area contributed by atoms with Crippen molar-refractivity contribution in [2.24, 2.45) is 0 Å². The van der Waals surface area contributed by atoms with Gasteiger partial charge < -0.3 is 10.4 Å².